The van der Waals surface area contributed by atoms with Gasteiger partial charge in [-0.2, -0.15) is 0 Å². The number of rotatable bonds is 3. The molecule has 0 bridgehead atoms. The monoisotopic (exact) mass is 501 g/mol. The largest absolute Gasteiger partial charge is 0.371 e. The average molecular weight is 502 g/mol. The van der Waals surface area contributed by atoms with Crippen LogP contribution < -0.4 is 10.2 Å². The van der Waals surface area contributed by atoms with Gasteiger partial charge in [-0.1, -0.05) is 35.9 Å². The fourth-order valence-electron chi connectivity index (χ4n) is 5.50. The van der Waals surface area contributed by atoms with Gasteiger partial charge >= 0.3 is 6.03 Å². The Bertz CT molecular complexity index is 1470. The van der Waals surface area contributed by atoms with Gasteiger partial charge in [-0.05, 0) is 29.3 Å². The minimum Gasteiger partial charge on any atom is -0.371 e. The molecule has 2 aromatic heterocycles. The van der Waals surface area contributed by atoms with Crippen LogP contribution in [0.25, 0.3) is 22.2 Å². The number of nitrogens with one attached hydrogen (secondary N) is 1. The van der Waals surface area contributed by atoms with Crippen molar-refractivity contribution in [3.63, 3.8) is 0 Å². The number of fused-ring (bicyclic) bond motifs is 4. The maximum atomic E-state index is 11.9. The fourth-order valence-corrected chi connectivity index (χ4v) is 5.76. The van der Waals surface area contributed by atoms with Crippen LogP contribution in [0.4, 0.5) is 10.7 Å². The molecule has 2 atom stereocenters. The number of amides is 2. The number of hydrogen-bond acceptors (Lipinski definition) is 6. The number of aromatic nitrogens is 4. The maximum absolute atomic E-state index is 11.9. The molecule has 182 valence electrons. The van der Waals surface area contributed by atoms with E-state index in [1.807, 2.05) is 47.6 Å². The molecule has 9 nitrogen and oxygen atoms in total. The summed E-state index contributed by atoms with van der Waals surface area (Å²) in [6.45, 7) is 3.82. The van der Waals surface area contributed by atoms with Crippen LogP contribution in [0.1, 0.15) is 17.4 Å². The lowest BCUT2D eigenvalue weighted by Crippen LogP contribution is -2.52. The molecular weight excluding hydrogens is 478 g/mol. The van der Waals surface area contributed by atoms with E-state index < -0.39 is 0 Å². The first-order valence-electron chi connectivity index (χ1n) is 12.1. The molecule has 0 radical (unpaired) electrons. The van der Waals surface area contributed by atoms with Crippen molar-refractivity contribution in [3.8, 4) is 11.1 Å². The van der Waals surface area contributed by atoms with Crippen LogP contribution in [0.3, 0.4) is 0 Å². The molecule has 0 aliphatic carbocycles. The number of hydrogen-bond donors (Lipinski definition) is 1. The van der Waals surface area contributed by atoms with E-state index in [-0.39, 0.29) is 18.1 Å². The first-order chi connectivity index (χ1) is 17.7. The Morgan fingerprint density at radius 3 is 2.78 bits per heavy atom. The highest BCUT2D eigenvalue weighted by molar-refractivity contribution is 6.31. The number of ether oxygens (including phenoxy) is 1. The van der Waals surface area contributed by atoms with Crippen molar-refractivity contribution in [1.29, 1.82) is 0 Å². The summed E-state index contributed by atoms with van der Waals surface area (Å²) < 4.78 is 8.12. The number of halogens is 1. The number of carbonyl (C=O) groups excluding carboxylic acids is 1. The third-order valence-electron chi connectivity index (χ3n) is 7.33. The highest BCUT2D eigenvalue weighted by Crippen LogP contribution is 2.35. The summed E-state index contributed by atoms with van der Waals surface area (Å²) in [5.74, 6) is 1.58. The van der Waals surface area contributed by atoms with Crippen molar-refractivity contribution in [3.05, 3.63) is 71.3 Å². The van der Waals surface area contributed by atoms with E-state index in [4.69, 9.17) is 21.3 Å². The summed E-state index contributed by atoms with van der Waals surface area (Å²) in [4.78, 5) is 30.1. The lowest BCUT2D eigenvalue weighted by atomic mass is 10.0. The van der Waals surface area contributed by atoms with Crippen LogP contribution in [0.2, 0.25) is 5.02 Å². The second kappa shape index (κ2) is 8.46. The minimum atomic E-state index is -0.0445. The lowest BCUT2D eigenvalue weighted by molar-refractivity contribution is 0.0679. The number of piperazine rings is 1. The summed E-state index contributed by atoms with van der Waals surface area (Å²) in [7, 11) is 0. The van der Waals surface area contributed by atoms with Gasteiger partial charge in [-0.3, -0.25) is 0 Å². The molecule has 2 fully saturated rings. The van der Waals surface area contributed by atoms with E-state index in [1.165, 1.54) is 0 Å². The SMILES string of the molecule is O=C1NCC2CN(c3ncc(-c4ccc5nc6n(c5c4)C(c4ccccc4Cl)COC6)cn3)CCN12. The maximum Gasteiger partial charge on any atom is 0.317 e. The van der Waals surface area contributed by atoms with Gasteiger partial charge in [0.15, 0.2) is 0 Å². The van der Waals surface area contributed by atoms with Gasteiger partial charge in [-0.15, -0.1) is 0 Å². The number of imidazole rings is 1. The molecule has 2 amide bonds. The molecule has 0 spiro atoms. The van der Waals surface area contributed by atoms with Crippen molar-refractivity contribution >= 4 is 34.6 Å². The first kappa shape index (κ1) is 21.6. The van der Waals surface area contributed by atoms with Gasteiger partial charge in [0.25, 0.3) is 0 Å². The third kappa shape index (κ3) is 3.50. The van der Waals surface area contributed by atoms with E-state index in [0.29, 0.717) is 32.3 Å². The third-order valence-corrected chi connectivity index (χ3v) is 7.68. The van der Waals surface area contributed by atoms with Crippen molar-refractivity contribution < 1.29 is 9.53 Å². The Labute approximate surface area is 212 Å². The molecule has 36 heavy (non-hydrogen) atoms. The van der Waals surface area contributed by atoms with Gasteiger partial charge in [0.05, 0.1) is 29.7 Å². The lowest BCUT2D eigenvalue weighted by Gasteiger charge is -2.36. The van der Waals surface area contributed by atoms with Crippen LogP contribution in [-0.2, 0) is 11.3 Å². The molecule has 2 saturated heterocycles. The Hall–Kier alpha value is -3.69. The standard InChI is InChI=1S/C26H24ClN7O2/c27-20-4-2-1-3-19(20)23-14-36-15-24-31-21-6-5-16(9-22(21)34(23)24)17-10-28-25(29-11-17)32-7-8-33-18(13-32)12-30-26(33)35/h1-6,9-11,18,23H,7-8,12-15H2,(H,30,35). The Balaban J connectivity index is 1.20. The van der Waals surface area contributed by atoms with E-state index in [1.54, 1.807) is 0 Å². The number of carbonyl (C=O) groups is 1. The van der Waals surface area contributed by atoms with Crippen molar-refractivity contribution in [2.45, 2.75) is 18.7 Å². The number of nitrogens with zero attached hydrogens (tertiary/aromatic N) is 6. The van der Waals surface area contributed by atoms with E-state index in [2.05, 4.69) is 36.9 Å². The summed E-state index contributed by atoms with van der Waals surface area (Å²) in [5, 5.41) is 3.63. The van der Waals surface area contributed by atoms with Gasteiger partial charge < -0.3 is 24.4 Å². The quantitative estimate of drug-likeness (QED) is 0.462. The molecule has 10 heteroatoms. The molecule has 3 aliphatic rings. The van der Waals surface area contributed by atoms with Crippen molar-refractivity contribution in [2.75, 3.05) is 37.7 Å². The second-order valence-electron chi connectivity index (χ2n) is 9.40. The van der Waals surface area contributed by atoms with Crippen LogP contribution in [0, 0.1) is 0 Å². The number of urea groups is 1. The summed E-state index contributed by atoms with van der Waals surface area (Å²) >= 11 is 6.55. The molecular formula is C26H24ClN7O2. The van der Waals surface area contributed by atoms with Crippen LogP contribution >= 0.6 is 11.6 Å². The zero-order chi connectivity index (χ0) is 24.2. The van der Waals surface area contributed by atoms with Crippen molar-refractivity contribution in [2.24, 2.45) is 0 Å². The van der Waals surface area contributed by atoms with E-state index in [0.717, 1.165) is 51.7 Å². The molecule has 5 heterocycles. The molecule has 0 saturated carbocycles. The zero-order valence-corrected chi connectivity index (χ0v) is 20.2. The Morgan fingerprint density at radius 2 is 1.92 bits per heavy atom. The van der Waals surface area contributed by atoms with Crippen LogP contribution in [0.15, 0.2) is 54.9 Å². The number of anilines is 1. The van der Waals surface area contributed by atoms with Gasteiger partial charge in [0.2, 0.25) is 5.95 Å². The molecule has 3 aliphatic heterocycles. The predicted molar refractivity (Wildman–Crippen MR) is 136 cm³/mol. The fraction of sp³-hybridized carbons (Fsp3) is 0.308. The molecule has 2 unspecified atom stereocenters. The van der Waals surface area contributed by atoms with Crippen LogP contribution in [0.5, 0.6) is 0 Å². The molecule has 7 rings (SSSR count). The topological polar surface area (TPSA) is 88.4 Å². The predicted octanol–water partition coefficient (Wildman–Crippen LogP) is 3.48. The first-order valence-corrected chi connectivity index (χ1v) is 12.5. The zero-order valence-electron chi connectivity index (χ0n) is 19.5. The summed E-state index contributed by atoms with van der Waals surface area (Å²) in [6, 6.07) is 14.3. The molecule has 2 aromatic carbocycles. The molecule has 4 aromatic rings. The smallest absolute Gasteiger partial charge is 0.317 e. The average Bonchev–Trinajstić information content (AvgIpc) is 3.48. The van der Waals surface area contributed by atoms with E-state index >= 15 is 0 Å². The van der Waals surface area contributed by atoms with Crippen molar-refractivity contribution in [1.82, 2.24) is 29.7 Å². The highest BCUT2D eigenvalue weighted by atomic mass is 35.5. The Kier molecular flexibility index (Phi) is 5.07. The van der Waals surface area contributed by atoms with Crippen LogP contribution in [-0.4, -0.2) is 69.3 Å². The highest BCUT2D eigenvalue weighted by Gasteiger charge is 2.36. The normalized spacial score (nSPS) is 21.4. The summed E-state index contributed by atoms with van der Waals surface area (Å²) in [5.41, 5.74) is 4.95. The second-order valence-corrected chi connectivity index (χ2v) is 9.81. The molecule has 1 N–H and O–H groups in total. The van der Waals surface area contributed by atoms with Gasteiger partial charge in [0.1, 0.15) is 12.4 Å². The number of benzene rings is 2. The Morgan fingerprint density at radius 1 is 1.06 bits per heavy atom. The van der Waals surface area contributed by atoms with Gasteiger partial charge in [-0.25, -0.2) is 19.7 Å². The minimum absolute atomic E-state index is 0.0247. The van der Waals surface area contributed by atoms with Gasteiger partial charge in [0, 0.05) is 49.2 Å². The van der Waals surface area contributed by atoms with E-state index in [9.17, 15) is 4.79 Å². The summed E-state index contributed by atoms with van der Waals surface area (Å²) in [6.07, 6.45) is 3.74.